The number of nitrogens with zero attached hydrogens (tertiary/aromatic N) is 1. The van der Waals surface area contributed by atoms with Crippen molar-refractivity contribution in [1.29, 1.82) is 0 Å². The van der Waals surface area contributed by atoms with Crippen LogP contribution in [0.1, 0.15) is 6.92 Å². The number of halogens is 4. The van der Waals surface area contributed by atoms with Crippen LogP contribution in [-0.2, 0) is 0 Å². The minimum atomic E-state index is -4.70. The third kappa shape index (κ3) is 4.31. The molecule has 1 aromatic carbocycles. The average molecular weight is 355 g/mol. The minimum Gasteiger partial charge on any atom is -0.405 e. The van der Waals surface area contributed by atoms with E-state index in [0.29, 0.717) is 10.9 Å². The Balaban J connectivity index is 2.07. The number of ether oxygens (including phenoxy) is 1. The zero-order chi connectivity index (χ0) is 14.0. The maximum Gasteiger partial charge on any atom is 0.573 e. The Morgan fingerprint density at radius 1 is 1.47 bits per heavy atom. The lowest BCUT2D eigenvalue weighted by Crippen LogP contribution is -2.17. The lowest BCUT2D eigenvalue weighted by atomic mass is 10.3. The Morgan fingerprint density at radius 3 is 2.74 bits per heavy atom. The molecular weight excluding hydrogens is 345 g/mol. The first-order chi connectivity index (χ1) is 8.83. The Kier molecular flexibility index (Phi) is 4.29. The average Bonchev–Trinajstić information content (AvgIpc) is 2.66. The molecule has 1 unspecified atom stereocenters. The number of nitrogens with one attached hydrogen (secondary N) is 1. The molecule has 0 aromatic heterocycles. The number of alkyl halides is 3. The third-order valence-corrected chi connectivity index (χ3v) is 3.84. The number of rotatable bonds is 2. The highest BCUT2D eigenvalue weighted by Gasteiger charge is 2.32. The summed E-state index contributed by atoms with van der Waals surface area (Å²) in [6.07, 6.45) is -4.70. The molecule has 0 fully saturated rings. The van der Waals surface area contributed by atoms with E-state index in [1.807, 2.05) is 0 Å². The summed E-state index contributed by atoms with van der Waals surface area (Å²) in [5.41, 5.74) is 0.654. The fourth-order valence-corrected chi connectivity index (χ4v) is 2.77. The van der Waals surface area contributed by atoms with E-state index in [9.17, 15) is 13.2 Å². The molecule has 19 heavy (non-hydrogen) atoms. The topological polar surface area (TPSA) is 33.6 Å². The summed E-state index contributed by atoms with van der Waals surface area (Å²) in [7, 11) is 0. The highest BCUT2D eigenvalue weighted by Crippen LogP contribution is 2.33. The summed E-state index contributed by atoms with van der Waals surface area (Å²) in [5, 5.41) is 4.23. The molecule has 1 atom stereocenters. The summed E-state index contributed by atoms with van der Waals surface area (Å²) in [5.74, 6) is -0.271. The lowest BCUT2D eigenvalue weighted by Gasteiger charge is -2.12. The van der Waals surface area contributed by atoms with Crippen LogP contribution in [-0.4, -0.2) is 23.3 Å². The van der Waals surface area contributed by atoms with Gasteiger partial charge in [0.2, 0.25) is 0 Å². The van der Waals surface area contributed by atoms with E-state index in [2.05, 4.69) is 37.9 Å². The maximum atomic E-state index is 12.1. The second kappa shape index (κ2) is 5.62. The summed E-state index contributed by atoms with van der Waals surface area (Å²) < 4.78 is 40.4. The smallest absolute Gasteiger partial charge is 0.405 e. The van der Waals surface area contributed by atoms with Gasteiger partial charge in [0, 0.05) is 10.9 Å². The zero-order valence-corrected chi connectivity index (χ0v) is 12.2. The van der Waals surface area contributed by atoms with Crippen molar-refractivity contribution in [2.75, 3.05) is 11.9 Å². The van der Waals surface area contributed by atoms with Crippen molar-refractivity contribution in [3.63, 3.8) is 0 Å². The molecule has 8 heteroatoms. The molecule has 1 aromatic rings. The quantitative estimate of drug-likeness (QED) is 0.861. The van der Waals surface area contributed by atoms with Crippen LogP contribution >= 0.6 is 27.7 Å². The monoisotopic (exact) mass is 354 g/mol. The number of thioether (sulfide) groups is 1. The second-order valence-electron chi connectivity index (χ2n) is 3.89. The van der Waals surface area contributed by atoms with E-state index >= 15 is 0 Å². The molecular formula is C11H10BrF3N2OS. The number of hydrogen-bond acceptors (Lipinski definition) is 4. The lowest BCUT2D eigenvalue weighted by molar-refractivity contribution is -0.274. The van der Waals surface area contributed by atoms with Gasteiger partial charge in [-0.2, -0.15) is 0 Å². The van der Waals surface area contributed by atoms with Crippen LogP contribution in [0.3, 0.4) is 0 Å². The minimum absolute atomic E-state index is 0.228. The van der Waals surface area contributed by atoms with Gasteiger partial charge >= 0.3 is 6.36 Å². The summed E-state index contributed by atoms with van der Waals surface area (Å²) in [4.78, 5) is 4.27. The van der Waals surface area contributed by atoms with Crippen molar-refractivity contribution in [2.24, 2.45) is 4.99 Å². The van der Waals surface area contributed by atoms with Crippen molar-refractivity contribution < 1.29 is 17.9 Å². The van der Waals surface area contributed by atoms with Crippen molar-refractivity contribution in [3.8, 4) is 5.75 Å². The SMILES string of the molecule is CC1CN=C(Nc2ccc(OC(F)(F)F)c(Br)c2)S1. The van der Waals surface area contributed by atoms with Crippen LogP contribution in [0.4, 0.5) is 18.9 Å². The molecule has 2 rings (SSSR count). The van der Waals surface area contributed by atoms with Gasteiger partial charge in [-0.05, 0) is 34.1 Å². The second-order valence-corrected chi connectivity index (χ2v) is 6.17. The molecule has 0 radical (unpaired) electrons. The number of anilines is 1. The standard InChI is InChI=1S/C11H10BrF3N2OS/c1-6-5-16-10(19-6)17-7-2-3-9(8(12)4-7)18-11(13,14)15/h2-4,6H,5H2,1H3,(H,16,17). The predicted molar refractivity (Wildman–Crippen MR) is 73.8 cm³/mol. The highest BCUT2D eigenvalue weighted by atomic mass is 79.9. The molecule has 1 N–H and O–H groups in total. The Hall–Kier alpha value is -0.890. The van der Waals surface area contributed by atoms with Gasteiger partial charge in [-0.1, -0.05) is 18.7 Å². The van der Waals surface area contributed by atoms with Crippen molar-refractivity contribution in [2.45, 2.75) is 18.5 Å². The summed E-state index contributed by atoms with van der Waals surface area (Å²) in [6.45, 7) is 2.79. The van der Waals surface area contributed by atoms with Crippen LogP contribution in [0.5, 0.6) is 5.75 Å². The van der Waals surface area contributed by atoms with Crippen LogP contribution in [0.15, 0.2) is 27.7 Å². The highest BCUT2D eigenvalue weighted by molar-refractivity contribution is 9.10. The molecule has 0 aliphatic carbocycles. The number of amidine groups is 1. The molecule has 1 aliphatic heterocycles. The molecule has 1 aliphatic rings. The summed E-state index contributed by atoms with van der Waals surface area (Å²) in [6, 6.07) is 4.29. The van der Waals surface area contributed by atoms with E-state index in [4.69, 9.17) is 0 Å². The molecule has 0 spiro atoms. The molecule has 0 amide bonds. The van der Waals surface area contributed by atoms with E-state index in [1.54, 1.807) is 11.8 Å². The van der Waals surface area contributed by atoms with Gasteiger partial charge in [0.1, 0.15) is 5.75 Å². The van der Waals surface area contributed by atoms with Crippen molar-refractivity contribution in [3.05, 3.63) is 22.7 Å². The molecule has 1 heterocycles. The molecule has 0 saturated carbocycles. The number of hydrogen-bond donors (Lipinski definition) is 1. The largest absolute Gasteiger partial charge is 0.573 e. The first-order valence-electron chi connectivity index (χ1n) is 5.37. The van der Waals surface area contributed by atoms with Gasteiger partial charge in [0.05, 0.1) is 11.0 Å². The van der Waals surface area contributed by atoms with Gasteiger partial charge in [0.25, 0.3) is 0 Å². The maximum absolute atomic E-state index is 12.1. The van der Waals surface area contributed by atoms with Crippen LogP contribution < -0.4 is 10.1 Å². The van der Waals surface area contributed by atoms with Gasteiger partial charge in [-0.25, -0.2) is 0 Å². The first-order valence-corrected chi connectivity index (χ1v) is 7.04. The number of aliphatic imine (C=N–C) groups is 1. The normalized spacial score (nSPS) is 19.2. The van der Waals surface area contributed by atoms with Gasteiger partial charge < -0.3 is 10.1 Å². The van der Waals surface area contributed by atoms with Gasteiger partial charge in [-0.3, -0.25) is 4.99 Å². The molecule has 0 saturated heterocycles. The molecule has 0 bridgehead atoms. The Morgan fingerprint density at radius 2 is 2.21 bits per heavy atom. The molecule has 3 nitrogen and oxygen atoms in total. The van der Waals surface area contributed by atoms with Crippen LogP contribution in [0, 0.1) is 0 Å². The third-order valence-electron chi connectivity index (χ3n) is 2.21. The van der Waals surface area contributed by atoms with Gasteiger partial charge in [0.15, 0.2) is 5.17 Å². The van der Waals surface area contributed by atoms with E-state index in [1.165, 1.54) is 18.2 Å². The van der Waals surface area contributed by atoms with Crippen molar-refractivity contribution >= 4 is 38.5 Å². The van der Waals surface area contributed by atoms with E-state index < -0.39 is 6.36 Å². The molecule has 104 valence electrons. The Labute approximate surface area is 120 Å². The Bertz CT molecular complexity index is 507. The summed E-state index contributed by atoms with van der Waals surface area (Å²) >= 11 is 4.64. The van der Waals surface area contributed by atoms with E-state index in [-0.39, 0.29) is 10.2 Å². The van der Waals surface area contributed by atoms with Crippen LogP contribution in [0.2, 0.25) is 0 Å². The van der Waals surface area contributed by atoms with Crippen LogP contribution in [0.25, 0.3) is 0 Å². The first kappa shape index (κ1) is 14.5. The number of benzene rings is 1. The van der Waals surface area contributed by atoms with E-state index in [0.717, 1.165) is 11.7 Å². The predicted octanol–water partition coefficient (Wildman–Crippen LogP) is 4.25. The zero-order valence-electron chi connectivity index (χ0n) is 9.79. The van der Waals surface area contributed by atoms with Crippen molar-refractivity contribution in [1.82, 2.24) is 0 Å². The van der Waals surface area contributed by atoms with Gasteiger partial charge in [-0.15, -0.1) is 13.2 Å². The fourth-order valence-electron chi connectivity index (χ4n) is 1.46. The fraction of sp³-hybridized carbons (Fsp3) is 0.364.